The van der Waals surface area contributed by atoms with Crippen molar-refractivity contribution in [2.45, 2.75) is 61.1 Å². The summed E-state index contributed by atoms with van der Waals surface area (Å²) in [6.45, 7) is 15.5. The van der Waals surface area contributed by atoms with Gasteiger partial charge in [0.05, 0.1) is 26.4 Å². The number of carboxylic acid groups (broad SMARTS) is 1. The van der Waals surface area contributed by atoms with Crippen LogP contribution in [0.4, 0.5) is 0 Å². The molecule has 2 atom stereocenters. The average Bonchev–Trinajstić information content (AvgIpc) is 3.15. The quantitative estimate of drug-likeness (QED) is 0.377. The molecule has 0 aromatic heterocycles. The van der Waals surface area contributed by atoms with Gasteiger partial charge < -0.3 is 25.2 Å². The van der Waals surface area contributed by atoms with Crippen LogP contribution in [0.3, 0.4) is 0 Å². The van der Waals surface area contributed by atoms with Crippen LogP contribution in [0.25, 0.3) is 0 Å². The van der Waals surface area contributed by atoms with Crippen LogP contribution < -0.4 is 5.32 Å². The van der Waals surface area contributed by atoms with Crippen molar-refractivity contribution < 1.29 is 30.0 Å². The molecular weight excluding hydrogens is 362 g/mol. The number of aliphatic hydroxyl groups is 3. The third-order valence-corrected chi connectivity index (χ3v) is 6.61. The maximum Gasteiger partial charge on any atom is 0.311 e. The summed E-state index contributed by atoms with van der Waals surface area (Å²) in [6, 6.07) is 0. The van der Waals surface area contributed by atoms with Crippen LogP contribution in [0.15, 0.2) is 0 Å². The number of aliphatic hydroxyl groups excluding tert-OH is 3. The van der Waals surface area contributed by atoms with Crippen LogP contribution in [0, 0.1) is 34.5 Å². The molecule has 5 N–H and O–H groups in total. The largest absolute Gasteiger partial charge is 0.481 e. The van der Waals surface area contributed by atoms with Crippen molar-refractivity contribution in [2.24, 2.45) is 34.5 Å². The maximum absolute atomic E-state index is 11.9. The maximum atomic E-state index is 11.9. The van der Waals surface area contributed by atoms with Gasteiger partial charge in [-0.3, -0.25) is 10.1 Å². The SMILES string of the molecule is CC(C)C(C(C)C)(C(C)C)C(C(=O)O)C1NCCO1.CCC(CO)(CO)CO. The van der Waals surface area contributed by atoms with Crippen LogP contribution in [0.2, 0.25) is 0 Å². The number of carboxylic acids is 1. The lowest BCUT2D eigenvalue weighted by Crippen LogP contribution is -2.55. The van der Waals surface area contributed by atoms with E-state index < -0.39 is 17.3 Å². The van der Waals surface area contributed by atoms with E-state index in [0.717, 1.165) is 6.54 Å². The van der Waals surface area contributed by atoms with E-state index in [9.17, 15) is 9.90 Å². The summed E-state index contributed by atoms with van der Waals surface area (Å²) >= 11 is 0. The lowest BCUT2D eigenvalue weighted by atomic mass is 9.55. The Morgan fingerprint density at radius 2 is 1.43 bits per heavy atom. The first kappa shape index (κ1) is 27.3. The van der Waals surface area contributed by atoms with Gasteiger partial charge in [0.1, 0.15) is 12.1 Å². The Kier molecular flexibility index (Phi) is 11.8. The van der Waals surface area contributed by atoms with Crippen molar-refractivity contribution in [1.29, 1.82) is 0 Å². The predicted octanol–water partition coefficient (Wildman–Crippen LogP) is 1.95. The van der Waals surface area contributed by atoms with Gasteiger partial charge in [0, 0.05) is 12.0 Å². The smallest absolute Gasteiger partial charge is 0.311 e. The molecule has 0 bridgehead atoms. The fourth-order valence-corrected chi connectivity index (χ4v) is 4.83. The molecule has 0 aromatic carbocycles. The highest BCUT2D eigenvalue weighted by Crippen LogP contribution is 2.50. The van der Waals surface area contributed by atoms with Gasteiger partial charge in [0.2, 0.25) is 0 Å². The molecule has 1 fully saturated rings. The lowest BCUT2D eigenvalue weighted by Gasteiger charge is -2.50. The number of nitrogens with one attached hydrogen (secondary N) is 1. The monoisotopic (exact) mass is 405 g/mol. The molecule has 1 aliphatic heterocycles. The average molecular weight is 406 g/mol. The zero-order valence-electron chi connectivity index (χ0n) is 18.7. The molecule has 1 aliphatic rings. The second kappa shape index (κ2) is 12.1. The Hall–Kier alpha value is -0.730. The molecule has 0 radical (unpaired) electrons. The summed E-state index contributed by atoms with van der Waals surface area (Å²) in [4.78, 5) is 11.9. The van der Waals surface area contributed by atoms with Crippen LogP contribution in [0.1, 0.15) is 54.9 Å². The number of hydrogen-bond acceptors (Lipinski definition) is 6. The number of carbonyl (C=O) groups is 1. The summed E-state index contributed by atoms with van der Waals surface area (Å²) < 4.78 is 5.64. The summed E-state index contributed by atoms with van der Waals surface area (Å²) in [5.74, 6) is -0.440. The van der Waals surface area contributed by atoms with Crippen LogP contribution in [-0.2, 0) is 9.53 Å². The summed E-state index contributed by atoms with van der Waals surface area (Å²) in [6.07, 6.45) is 0.223. The number of ether oxygens (including phenoxy) is 1. The highest BCUT2D eigenvalue weighted by molar-refractivity contribution is 5.72. The molecule has 7 nitrogen and oxygen atoms in total. The van der Waals surface area contributed by atoms with Gasteiger partial charge in [-0.05, 0) is 29.6 Å². The minimum atomic E-state index is -0.754. The first-order chi connectivity index (χ1) is 13.0. The van der Waals surface area contributed by atoms with Crippen LogP contribution in [-0.4, -0.2) is 65.6 Å². The van der Waals surface area contributed by atoms with Crippen molar-refractivity contribution in [3.8, 4) is 0 Å². The van der Waals surface area contributed by atoms with Crippen molar-refractivity contribution >= 4 is 5.97 Å². The fourth-order valence-electron chi connectivity index (χ4n) is 4.83. The Balaban J connectivity index is 0.000000684. The molecule has 2 unspecified atom stereocenters. The molecule has 0 spiro atoms. The molecule has 1 saturated heterocycles. The van der Waals surface area contributed by atoms with Crippen molar-refractivity contribution in [2.75, 3.05) is 33.0 Å². The van der Waals surface area contributed by atoms with Gasteiger partial charge in [-0.2, -0.15) is 0 Å². The van der Waals surface area contributed by atoms with E-state index in [1.807, 2.05) is 6.92 Å². The van der Waals surface area contributed by atoms with Gasteiger partial charge in [-0.25, -0.2) is 0 Å². The van der Waals surface area contributed by atoms with Crippen molar-refractivity contribution in [1.82, 2.24) is 5.32 Å². The van der Waals surface area contributed by atoms with Crippen molar-refractivity contribution in [3.63, 3.8) is 0 Å². The normalized spacial score (nSPS) is 19.1. The Morgan fingerprint density at radius 3 is 1.61 bits per heavy atom. The molecule has 0 aromatic rings. The predicted molar refractivity (Wildman–Crippen MR) is 110 cm³/mol. The van der Waals surface area contributed by atoms with E-state index in [-0.39, 0.29) is 49.2 Å². The van der Waals surface area contributed by atoms with E-state index in [2.05, 4.69) is 46.9 Å². The standard InChI is InChI=1S/C15H29NO3.C6H14O3/c1-9(2)15(10(3)4,11(5)6)12(14(17)18)13-16-7-8-19-13;1-2-6(3-7,4-8)5-9/h9-13,16H,7-8H2,1-6H3,(H,17,18);7-9H,2-5H2,1H3. The number of rotatable bonds is 10. The molecule has 1 rings (SSSR count). The third kappa shape index (κ3) is 5.89. The summed E-state index contributed by atoms with van der Waals surface area (Å²) in [7, 11) is 0. The summed E-state index contributed by atoms with van der Waals surface area (Å²) in [5, 5.41) is 39.0. The lowest BCUT2D eigenvalue weighted by molar-refractivity contribution is -0.166. The van der Waals surface area contributed by atoms with Crippen LogP contribution in [0.5, 0.6) is 0 Å². The Bertz CT molecular complexity index is 403. The summed E-state index contributed by atoms with van der Waals surface area (Å²) in [5.41, 5.74) is -0.951. The van der Waals surface area contributed by atoms with Gasteiger partial charge in [0.25, 0.3) is 0 Å². The molecule has 7 heteroatoms. The minimum absolute atomic E-state index is 0.156. The number of aliphatic carboxylic acids is 1. The van der Waals surface area contributed by atoms with Gasteiger partial charge in [-0.1, -0.05) is 48.5 Å². The topological polar surface area (TPSA) is 119 Å². The molecule has 0 amide bonds. The van der Waals surface area contributed by atoms with E-state index in [1.165, 1.54) is 0 Å². The Labute approximate surface area is 170 Å². The zero-order valence-corrected chi connectivity index (χ0v) is 18.7. The van der Waals surface area contributed by atoms with Crippen molar-refractivity contribution in [3.05, 3.63) is 0 Å². The molecule has 168 valence electrons. The Morgan fingerprint density at radius 1 is 1.00 bits per heavy atom. The van der Waals surface area contributed by atoms with E-state index in [1.54, 1.807) is 0 Å². The molecule has 0 aliphatic carbocycles. The van der Waals surface area contributed by atoms with Gasteiger partial charge in [-0.15, -0.1) is 0 Å². The minimum Gasteiger partial charge on any atom is -0.481 e. The van der Waals surface area contributed by atoms with E-state index in [0.29, 0.717) is 13.0 Å². The second-order valence-electron chi connectivity index (χ2n) is 8.85. The van der Waals surface area contributed by atoms with Gasteiger partial charge in [0.15, 0.2) is 0 Å². The fraction of sp³-hybridized carbons (Fsp3) is 0.952. The first-order valence-corrected chi connectivity index (χ1v) is 10.4. The number of hydrogen-bond donors (Lipinski definition) is 5. The molecular formula is C21H43NO6. The van der Waals surface area contributed by atoms with Crippen LogP contribution >= 0.6 is 0 Å². The molecule has 0 saturated carbocycles. The third-order valence-electron chi connectivity index (χ3n) is 6.61. The highest BCUT2D eigenvalue weighted by Gasteiger charge is 2.54. The van der Waals surface area contributed by atoms with Gasteiger partial charge >= 0.3 is 5.97 Å². The molecule has 1 heterocycles. The first-order valence-electron chi connectivity index (χ1n) is 10.4. The van der Waals surface area contributed by atoms with E-state index >= 15 is 0 Å². The highest BCUT2D eigenvalue weighted by atomic mass is 16.5. The zero-order chi connectivity index (χ0) is 22.1. The molecule has 28 heavy (non-hydrogen) atoms. The second-order valence-corrected chi connectivity index (χ2v) is 8.85. The van der Waals surface area contributed by atoms with E-state index in [4.69, 9.17) is 20.1 Å².